The van der Waals surface area contributed by atoms with Crippen molar-refractivity contribution in [2.75, 3.05) is 18.4 Å². The van der Waals surface area contributed by atoms with E-state index in [1.54, 1.807) is 18.3 Å². The Bertz CT molecular complexity index is 924. The Kier molecular flexibility index (Phi) is 5.37. The van der Waals surface area contributed by atoms with Crippen LogP contribution in [-0.4, -0.2) is 39.7 Å². The first-order valence-electron chi connectivity index (χ1n) is 9.55. The van der Waals surface area contributed by atoms with Crippen molar-refractivity contribution in [1.82, 2.24) is 14.7 Å². The number of hydrogen-bond donors (Lipinski definition) is 1. The number of carbonyl (C=O) groups excluding carboxylic acids is 1. The van der Waals surface area contributed by atoms with Gasteiger partial charge >= 0.3 is 0 Å². The summed E-state index contributed by atoms with van der Waals surface area (Å²) in [6, 6.07) is 16.1. The zero-order valence-corrected chi connectivity index (χ0v) is 15.6. The highest BCUT2D eigenvalue weighted by atomic mass is 19.1. The quantitative estimate of drug-likeness (QED) is 0.735. The predicted molar refractivity (Wildman–Crippen MR) is 107 cm³/mol. The van der Waals surface area contributed by atoms with E-state index in [9.17, 15) is 9.18 Å². The van der Waals surface area contributed by atoms with Gasteiger partial charge in [0, 0.05) is 42.8 Å². The van der Waals surface area contributed by atoms with Gasteiger partial charge in [0.25, 0.3) is 5.91 Å². The van der Waals surface area contributed by atoms with Crippen molar-refractivity contribution < 1.29 is 9.18 Å². The average Bonchev–Trinajstić information content (AvgIpc) is 3.23. The summed E-state index contributed by atoms with van der Waals surface area (Å²) in [5.74, 6) is -0.200. The average molecular weight is 378 g/mol. The Hall–Kier alpha value is -3.15. The van der Waals surface area contributed by atoms with E-state index in [0.29, 0.717) is 18.7 Å². The van der Waals surface area contributed by atoms with E-state index in [-0.39, 0.29) is 17.8 Å². The van der Waals surface area contributed by atoms with Crippen LogP contribution in [0.3, 0.4) is 0 Å². The highest BCUT2D eigenvalue weighted by Gasteiger charge is 2.24. The molecule has 4 rings (SSSR count). The first-order valence-corrected chi connectivity index (χ1v) is 9.55. The first kappa shape index (κ1) is 18.2. The van der Waals surface area contributed by atoms with Crippen LogP contribution in [0.15, 0.2) is 67.0 Å². The molecule has 1 fully saturated rings. The van der Waals surface area contributed by atoms with Gasteiger partial charge in [-0.05, 0) is 60.9 Å². The van der Waals surface area contributed by atoms with Crippen LogP contribution in [0.5, 0.6) is 0 Å². The van der Waals surface area contributed by atoms with Crippen LogP contribution in [0, 0.1) is 5.82 Å². The molecule has 0 spiro atoms. The normalized spacial score (nSPS) is 16.8. The van der Waals surface area contributed by atoms with Crippen LogP contribution in [0.25, 0.3) is 0 Å². The summed E-state index contributed by atoms with van der Waals surface area (Å²) in [7, 11) is 0. The maximum absolute atomic E-state index is 13.1. The van der Waals surface area contributed by atoms with Gasteiger partial charge in [0.05, 0.1) is 6.54 Å². The van der Waals surface area contributed by atoms with Crippen molar-refractivity contribution in [3.8, 4) is 0 Å². The third-order valence-electron chi connectivity index (χ3n) is 5.00. The van der Waals surface area contributed by atoms with E-state index < -0.39 is 0 Å². The lowest BCUT2D eigenvalue weighted by atomic mass is 10.0. The Morgan fingerprint density at radius 2 is 2.04 bits per heavy atom. The van der Waals surface area contributed by atoms with Crippen LogP contribution in [0.4, 0.5) is 10.1 Å². The number of nitrogens with one attached hydrogen (secondary N) is 1. The standard InChI is InChI=1S/C22H23FN4O/c23-19-7-9-20(10-8-19)25-21-6-2-12-26(16-21)22(28)18-5-1-4-17(14-18)15-27-13-3-11-24-27/h1,3-5,7-11,13-14,21,25H,2,6,12,15-16H2. The third kappa shape index (κ3) is 4.39. The van der Waals surface area contributed by atoms with Crippen LogP contribution < -0.4 is 5.32 Å². The van der Waals surface area contributed by atoms with E-state index in [2.05, 4.69) is 10.4 Å². The van der Waals surface area contributed by atoms with Gasteiger partial charge in [-0.15, -0.1) is 0 Å². The predicted octanol–water partition coefficient (Wildman–Crippen LogP) is 3.79. The van der Waals surface area contributed by atoms with Crippen molar-refractivity contribution >= 4 is 11.6 Å². The lowest BCUT2D eigenvalue weighted by Gasteiger charge is -2.34. The van der Waals surface area contributed by atoms with Gasteiger partial charge in [0.15, 0.2) is 0 Å². The number of piperidine rings is 1. The molecule has 6 heteroatoms. The molecule has 28 heavy (non-hydrogen) atoms. The third-order valence-corrected chi connectivity index (χ3v) is 5.00. The van der Waals surface area contributed by atoms with E-state index in [4.69, 9.17) is 0 Å². The lowest BCUT2D eigenvalue weighted by molar-refractivity contribution is 0.0714. The molecule has 2 aromatic carbocycles. The zero-order chi connectivity index (χ0) is 19.3. The second-order valence-electron chi connectivity index (χ2n) is 7.15. The van der Waals surface area contributed by atoms with Crippen molar-refractivity contribution in [3.05, 3.63) is 83.9 Å². The molecule has 1 aliphatic rings. The molecule has 1 aliphatic heterocycles. The molecule has 0 radical (unpaired) electrons. The number of hydrogen-bond acceptors (Lipinski definition) is 3. The number of anilines is 1. The van der Waals surface area contributed by atoms with Gasteiger partial charge in [-0.3, -0.25) is 9.48 Å². The molecule has 0 bridgehead atoms. The number of nitrogens with zero attached hydrogens (tertiary/aromatic N) is 3. The van der Waals surface area contributed by atoms with Gasteiger partial charge in [0.1, 0.15) is 5.82 Å². The Morgan fingerprint density at radius 3 is 2.82 bits per heavy atom. The fourth-order valence-electron chi connectivity index (χ4n) is 3.63. The van der Waals surface area contributed by atoms with Gasteiger partial charge in [0.2, 0.25) is 0 Å². The van der Waals surface area contributed by atoms with Gasteiger partial charge in [-0.25, -0.2) is 4.39 Å². The molecular formula is C22H23FN4O. The maximum atomic E-state index is 13.1. The topological polar surface area (TPSA) is 50.2 Å². The van der Waals surface area contributed by atoms with E-state index in [1.807, 2.05) is 46.1 Å². The fraction of sp³-hybridized carbons (Fsp3) is 0.273. The minimum absolute atomic E-state index is 0.0490. The lowest BCUT2D eigenvalue weighted by Crippen LogP contribution is -2.45. The van der Waals surface area contributed by atoms with Crippen molar-refractivity contribution in [2.45, 2.75) is 25.4 Å². The Labute approximate surface area is 163 Å². The van der Waals surface area contributed by atoms with E-state index >= 15 is 0 Å². The van der Waals surface area contributed by atoms with Gasteiger partial charge in [-0.2, -0.15) is 5.10 Å². The minimum Gasteiger partial charge on any atom is -0.381 e. The van der Waals surface area contributed by atoms with Gasteiger partial charge < -0.3 is 10.2 Å². The molecule has 2 heterocycles. The fourth-order valence-corrected chi connectivity index (χ4v) is 3.63. The largest absolute Gasteiger partial charge is 0.381 e. The molecule has 1 atom stereocenters. The SMILES string of the molecule is O=C(c1cccc(Cn2cccn2)c1)N1CCCC(Nc2ccc(F)cc2)C1. The molecule has 1 unspecified atom stereocenters. The van der Waals surface area contributed by atoms with Crippen molar-refractivity contribution in [2.24, 2.45) is 0 Å². The number of aromatic nitrogens is 2. The highest BCUT2D eigenvalue weighted by Crippen LogP contribution is 2.19. The molecule has 5 nitrogen and oxygen atoms in total. The summed E-state index contributed by atoms with van der Waals surface area (Å²) >= 11 is 0. The monoisotopic (exact) mass is 378 g/mol. The molecule has 1 amide bonds. The Balaban J connectivity index is 1.41. The smallest absolute Gasteiger partial charge is 0.253 e. The number of likely N-dealkylation sites (tertiary alicyclic amines) is 1. The maximum Gasteiger partial charge on any atom is 0.253 e. The minimum atomic E-state index is -0.249. The first-order chi connectivity index (χ1) is 13.7. The van der Waals surface area contributed by atoms with Crippen molar-refractivity contribution in [3.63, 3.8) is 0 Å². The van der Waals surface area contributed by atoms with Crippen LogP contribution in [-0.2, 0) is 6.54 Å². The summed E-state index contributed by atoms with van der Waals surface area (Å²) < 4.78 is 14.9. The number of amides is 1. The number of rotatable bonds is 5. The molecule has 1 N–H and O–H groups in total. The van der Waals surface area contributed by atoms with Crippen LogP contribution in [0.1, 0.15) is 28.8 Å². The summed E-state index contributed by atoms with van der Waals surface area (Å²) in [4.78, 5) is 14.9. The van der Waals surface area contributed by atoms with Crippen molar-refractivity contribution in [1.29, 1.82) is 0 Å². The summed E-state index contributed by atoms with van der Waals surface area (Å²) in [6.07, 6.45) is 5.58. The van der Waals surface area contributed by atoms with E-state index in [1.165, 1.54) is 12.1 Å². The van der Waals surface area contributed by atoms with Crippen LogP contribution in [0.2, 0.25) is 0 Å². The molecule has 1 aromatic heterocycles. The number of benzene rings is 2. The molecular weight excluding hydrogens is 355 g/mol. The summed E-state index contributed by atoms with van der Waals surface area (Å²) in [5.41, 5.74) is 2.63. The zero-order valence-electron chi connectivity index (χ0n) is 15.6. The molecule has 3 aromatic rings. The summed E-state index contributed by atoms with van der Waals surface area (Å²) in [5, 5.41) is 7.63. The molecule has 1 saturated heterocycles. The number of halogens is 1. The summed E-state index contributed by atoms with van der Waals surface area (Å²) in [6.45, 7) is 2.03. The second-order valence-corrected chi connectivity index (χ2v) is 7.15. The van der Waals surface area contributed by atoms with Crippen LogP contribution >= 0.6 is 0 Å². The highest BCUT2D eigenvalue weighted by molar-refractivity contribution is 5.94. The molecule has 0 aliphatic carbocycles. The molecule has 0 saturated carbocycles. The number of carbonyl (C=O) groups is 1. The second kappa shape index (κ2) is 8.25. The molecule has 144 valence electrons. The van der Waals surface area contributed by atoms with Gasteiger partial charge in [-0.1, -0.05) is 12.1 Å². The Morgan fingerprint density at radius 1 is 1.18 bits per heavy atom. The van der Waals surface area contributed by atoms with E-state index in [0.717, 1.165) is 30.6 Å².